The number of aliphatic hydroxyl groups excluding tert-OH is 1. The predicted octanol–water partition coefficient (Wildman–Crippen LogP) is 3.34. The van der Waals surface area contributed by atoms with Crippen LogP contribution in [0.1, 0.15) is 39.0 Å². The van der Waals surface area contributed by atoms with Crippen molar-refractivity contribution in [2.45, 2.75) is 67.1 Å². The normalized spacial score (nSPS) is 20.0. The lowest BCUT2D eigenvalue weighted by atomic mass is 9.84. The zero-order valence-corrected chi connectivity index (χ0v) is 25.9. The van der Waals surface area contributed by atoms with Gasteiger partial charge >= 0.3 is 0 Å². The Kier molecular flexibility index (Phi) is 9.01. The van der Waals surface area contributed by atoms with Crippen molar-refractivity contribution in [3.8, 4) is 5.75 Å². The minimum Gasteiger partial charge on any atom is -0.491 e. The standard InChI is InChI=1S/C30H37FN2O8S2/c1-3-32-18-27(29(35)25-8-5-9-26(31)28(25)32)43(38,39)33-14-12-30(13-15-33)17-21(19-41-30)10-11-22(34)20-40-23-6-4-7-24(16-23)42(2,36)37/h4-9,16,18,21-22,34H,3,10-15,17,19-20H2,1-2H3/t21-,22+/m1/s1. The van der Waals surface area contributed by atoms with Gasteiger partial charge in [0.1, 0.15) is 23.1 Å². The average Bonchev–Trinajstić information content (AvgIpc) is 3.37. The molecule has 234 valence electrons. The summed E-state index contributed by atoms with van der Waals surface area (Å²) in [4.78, 5) is 13.0. The number of piperidine rings is 1. The number of rotatable bonds is 10. The average molecular weight is 637 g/mol. The fraction of sp³-hybridized carbons (Fsp3) is 0.500. The second kappa shape index (κ2) is 12.3. The highest BCUT2D eigenvalue weighted by Gasteiger charge is 2.45. The van der Waals surface area contributed by atoms with Crippen LogP contribution in [-0.4, -0.2) is 75.1 Å². The minimum absolute atomic E-state index is 0.0277. The molecule has 2 aliphatic rings. The number of para-hydroxylation sites is 1. The predicted molar refractivity (Wildman–Crippen MR) is 159 cm³/mol. The fourth-order valence-corrected chi connectivity index (χ4v) is 8.27. The van der Waals surface area contributed by atoms with Crippen molar-refractivity contribution in [2.75, 3.05) is 32.6 Å². The Morgan fingerprint density at radius 1 is 1.14 bits per heavy atom. The topological polar surface area (TPSA) is 132 Å². The lowest BCUT2D eigenvalue weighted by Gasteiger charge is -2.38. The maximum atomic E-state index is 14.5. The summed E-state index contributed by atoms with van der Waals surface area (Å²) in [6.07, 6.45) is 4.50. The van der Waals surface area contributed by atoms with Crippen LogP contribution < -0.4 is 10.2 Å². The maximum absolute atomic E-state index is 14.5. The van der Waals surface area contributed by atoms with Crippen molar-refractivity contribution in [1.82, 2.24) is 8.87 Å². The summed E-state index contributed by atoms with van der Waals surface area (Å²) in [7, 11) is -7.47. The van der Waals surface area contributed by atoms with E-state index in [1.54, 1.807) is 19.1 Å². The monoisotopic (exact) mass is 636 g/mol. The second-order valence-electron chi connectivity index (χ2n) is 11.5. The molecule has 3 aromatic rings. The van der Waals surface area contributed by atoms with E-state index in [-0.39, 0.29) is 46.3 Å². The van der Waals surface area contributed by atoms with E-state index in [1.807, 2.05) is 0 Å². The number of sulfonamides is 1. The molecule has 1 aromatic heterocycles. The Bertz CT molecular complexity index is 1770. The molecule has 0 amide bonds. The largest absolute Gasteiger partial charge is 0.491 e. The maximum Gasteiger partial charge on any atom is 0.248 e. The fourth-order valence-electron chi connectivity index (χ4n) is 6.07. The summed E-state index contributed by atoms with van der Waals surface area (Å²) in [5.74, 6) is -0.0116. The Hall–Kier alpha value is -2.84. The molecule has 0 bridgehead atoms. The number of hydrogen-bond donors (Lipinski definition) is 1. The van der Waals surface area contributed by atoms with Gasteiger partial charge in [0, 0.05) is 32.1 Å². The molecule has 43 heavy (non-hydrogen) atoms. The van der Waals surface area contributed by atoms with Gasteiger partial charge in [0.05, 0.1) is 34.1 Å². The number of sulfone groups is 1. The molecule has 2 aromatic carbocycles. The van der Waals surface area contributed by atoms with Crippen LogP contribution in [0.2, 0.25) is 0 Å². The first kappa shape index (κ1) is 31.6. The first-order valence-electron chi connectivity index (χ1n) is 14.4. The molecular weight excluding hydrogens is 599 g/mol. The Morgan fingerprint density at radius 2 is 1.86 bits per heavy atom. The summed E-state index contributed by atoms with van der Waals surface area (Å²) in [5.41, 5.74) is -1.07. The zero-order chi connectivity index (χ0) is 31.0. The van der Waals surface area contributed by atoms with E-state index in [1.165, 1.54) is 45.4 Å². The summed E-state index contributed by atoms with van der Waals surface area (Å²) in [6.45, 7) is 3.00. The van der Waals surface area contributed by atoms with E-state index < -0.39 is 42.8 Å². The number of ether oxygens (including phenoxy) is 2. The lowest BCUT2D eigenvalue weighted by Crippen LogP contribution is -2.47. The summed E-state index contributed by atoms with van der Waals surface area (Å²) >= 11 is 0. The van der Waals surface area contributed by atoms with E-state index in [2.05, 4.69) is 0 Å². The van der Waals surface area contributed by atoms with Crippen LogP contribution in [0.25, 0.3) is 10.9 Å². The number of benzene rings is 2. The van der Waals surface area contributed by atoms with Crippen molar-refractivity contribution in [1.29, 1.82) is 0 Å². The third-order valence-corrected chi connectivity index (χ3v) is 11.5. The van der Waals surface area contributed by atoms with Crippen molar-refractivity contribution in [3.05, 3.63) is 64.7 Å². The van der Waals surface area contributed by atoms with Crippen molar-refractivity contribution in [2.24, 2.45) is 5.92 Å². The quantitative estimate of drug-likeness (QED) is 0.359. The van der Waals surface area contributed by atoms with Gasteiger partial charge in [-0.3, -0.25) is 4.79 Å². The molecule has 2 fully saturated rings. The number of aromatic nitrogens is 1. The molecular formula is C30H37FN2O8S2. The van der Waals surface area contributed by atoms with Gasteiger partial charge in [-0.05, 0) is 75.3 Å². The molecule has 5 rings (SSSR count). The van der Waals surface area contributed by atoms with E-state index in [4.69, 9.17) is 9.47 Å². The number of nitrogens with zero attached hydrogens (tertiary/aromatic N) is 2. The van der Waals surface area contributed by atoms with Gasteiger partial charge in [0.15, 0.2) is 9.84 Å². The highest BCUT2D eigenvalue weighted by atomic mass is 32.2. The van der Waals surface area contributed by atoms with Crippen molar-refractivity contribution < 1.29 is 35.8 Å². The second-order valence-corrected chi connectivity index (χ2v) is 15.4. The van der Waals surface area contributed by atoms with Crippen LogP contribution in [-0.2, 0) is 31.1 Å². The van der Waals surface area contributed by atoms with Crippen LogP contribution in [0.15, 0.2) is 63.2 Å². The van der Waals surface area contributed by atoms with Crippen LogP contribution in [0.4, 0.5) is 4.39 Å². The molecule has 2 aliphatic heterocycles. The molecule has 0 radical (unpaired) electrons. The minimum atomic E-state index is -4.11. The summed E-state index contributed by atoms with van der Waals surface area (Å²) in [5, 5.41) is 10.5. The Morgan fingerprint density at radius 3 is 2.56 bits per heavy atom. The van der Waals surface area contributed by atoms with Crippen LogP contribution >= 0.6 is 0 Å². The van der Waals surface area contributed by atoms with Crippen LogP contribution in [0.3, 0.4) is 0 Å². The van der Waals surface area contributed by atoms with Gasteiger partial charge in [0.2, 0.25) is 15.5 Å². The van der Waals surface area contributed by atoms with Gasteiger partial charge < -0.3 is 19.1 Å². The number of aryl methyl sites for hydroxylation is 1. The molecule has 2 saturated heterocycles. The zero-order valence-electron chi connectivity index (χ0n) is 24.2. The number of fused-ring (bicyclic) bond motifs is 1. The first-order valence-corrected chi connectivity index (χ1v) is 17.7. The van der Waals surface area contributed by atoms with Crippen molar-refractivity contribution in [3.63, 3.8) is 0 Å². The highest BCUT2D eigenvalue weighted by Crippen LogP contribution is 2.41. The van der Waals surface area contributed by atoms with Gasteiger partial charge in [-0.1, -0.05) is 12.1 Å². The SMILES string of the molecule is CCn1cc(S(=O)(=O)N2CCC3(CC2)C[C@@H](CC[C@H](O)COc2cccc(S(C)(=O)=O)c2)CO3)c(=O)c2cccc(F)c21. The van der Waals surface area contributed by atoms with E-state index in [0.29, 0.717) is 44.6 Å². The van der Waals surface area contributed by atoms with Gasteiger partial charge in [-0.25, -0.2) is 21.2 Å². The van der Waals surface area contributed by atoms with Crippen LogP contribution in [0, 0.1) is 11.7 Å². The van der Waals surface area contributed by atoms with E-state index in [0.717, 1.165) is 12.7 Å². The Labute approximate surface area is 251 Å². The number of aliphatic hydroxyl groups is 1. The molecule has 2 atom stereocenters. The molecule has 3 heterocycles. The Balaban J connectivity index is 1.16. The molecule has 0 saturated carbocycles. The van der Waals surface area contributed by atoms with Gasteiger partial charge in [-0.2, -0.15) is 4.31 Å². The molecule has 10 nitrogen and oxygen atoms in total. The molecule has 0 unspecified atom stereocenters. The van der Waals surface area contributed by atoms with E-state index in [9.17, 15) is 31.1 Å². The molecule has 13 heteroatoms. The van der Waals surface area contributed by atoms with Gasteiger partial charge in [-0.15, -0.1) is 0 Å². The lowest BCUT2D eigenvalue weighted by molar-refractivity contribution is -0.0314. The van der Waals surface area contributed by atoms with Crippen molar-refractivity contribution >= 4 is 30.8 Å². The van der Waals surface area contributed by atoms with Crippen LogP contribution in [0.5, 0.6) is 5.75 Å². The third-order valence-electron chi connectivity index (χ3n) is 8.48. The molecule has 0 aliphatic carbocycles. The molecule has 1 N–H and O–H groups in total. The summed E-state index contributed by atoms with van der Waals surface area (Å²) in [6, 6.07) is 10.3. The highest BCUT2D eigenvalue weighted by molar-refractivity contribution is 7.90. The van der Waals surface area contributed by atoms with E-state index >= 15 is 0 Å². The van der Waals surface area contributed by atoms with Gasteiger partial charge in [0.25, 0.3) is 0 Å². The third kappa shape index (κ3) is 6.65. The number of pyridine rings is 1. The number of halogens is 1. The molecule has 1 spiro atoms. The summed E-state index contributed by atoms with van der Waals surface area (Å²) < 4.78 is 79.7. The number of hydrogen-bond acceptors (Lipinski definition) is 8. The smallest absolute Gasteiger partial charge is 0.248 e. The first-order chi connectivity index (χ1) is 20.3.